The molecule has 0 radical (unpaired) electrons. The van der Waals surface area contributed by atoms with Crippen LogP contribution in [0.1, 0.15) is 39.5 Å². The summed E-state index contributed by atoms with van der Waals surface area (Å²) in [6.45, 7) is 3.85. The smallest absolute Gasteiger partial charge is 0.251 e. The average Bonchev–Trinajstić information content (AvgIpc) is 2.46. The molecule has 124 valence electrons. The van der Waals surface area contributed by atoms with Crippen LogP contribution in [0.3, 0.4) is 0 Å². The molecule has 0 heterocycles. The summed E-state index contributed by atoms with van der Waals surface area (Å²) < 4.78 is 0. The highest BCUT2D eigenvalue weighted by Gasteiger charge is 2.27. The molecule has 0 aromatic rings. The summed E-state index contributed by atoms with van der Waals surface area (Å²) in [6.07, 6.45) is 7.46. The summed E-state index contributed by atoms with van der Waals surface area (Å²) in [7, 11) is 0. The highest BCUT2D eigenvalue weighted by molar-refractivity contribution is 5.88. The quantitative estimate of drug-likeness (QED) is 0.517. The Hall–Kier alpha value is -1.66. The number of amides is 2. The fourth-order valence-corrected chi connectivity index (χ4v) is 2.37. The number of nitrogens with two attached hydrogens (primary N) is 2. The highest BCUT2D eigenvalue weighted by Crippen LogP contribution is 2.15. The van der Waals surface area contributed by atoms with Crippen LogP contribution in [-0.2, 0) is 9.59 Å². The molecule has 0 fully saturated rings. The molecule has 0 spiro atoms. The van der Waals surface area contributed by atoms with E-state index in [4.69, 9.17) is 11.5 Å². The molecule has 0 aromatic carbocycles. The van der Waals surface area contributed by atoms with Crippen molar-refractivity contribution in [3.05, 3.63) is 23.8 Å². The molecule has 1 rings (SSSR count). The SMILES string of the molecule is CC(C)CC(NC(=O)C(O)C(N)CC1=CCCC=C1)C(N)=O. The van der Waals surface area contributed by atoms with E-state index in [-0.39, 0.29) is 5.92 Å². The van der Waals surface area contributed by atoms with E-state index in [0.29, 0.717) is 12.8 Å². The molecule has 0 aliphatic heterocycles. The van der Waals surface area contributed by atoms with Gasteiger partial charge in [-0.25, -0.2) is 0 Å². The Bertz CT molecular complexity index is 458. The standard InChI is InChI=1S/C16H27N3O3/c1-10(2)8-13(15(18)21)19-16(22)14(20)12(17)9-11-6-4-3-5-7-11/h4,6-7,10,12-14,20H,3,5,8-9,17H2,1-2H3,(H2,18,21)(H,19,22). The minimum atomic E-state index is -1.37. The molecule has 0 bridgehead atoms. The van der Waals surface area contributed by atoms with E-state index in [1.807, 2.05) is 26.0 Å². The third kappa shape index (κ3) is 5.99. The highest BCUT2D eigenvalue weighted by atomic mass is 16.3. The number of aliphatic hydroxyl groups excluding tert-OH is 1. The van der Waals surface area contributed by atoms with Gasteiger partial charge in [-0.1, -0.05) is 37.6 Å². The summed E-state index contributed by atoms with van der Waals surface area (Å²) >= 11 is 0. The molecular formula is C16H27N3O3. The van der Waals surface area contributed by atoms with Crippen molar-refractivity contribution in [1.29, 1.82) is 0 Å². The predicted molar refractivity (Wildman–Crippen MR) is 85.6 cm³/mol. The Kier molecular flexibility index (Phi) is 7.27. The lowest BCUT2D eigenvalue weighted by molar-refractivity contribution is -0.134. The van der Waals surface area contributed by atoms with Crippen LogP contribution >= 0.6 is 0 Å². The fourth-order valence-electron chi connectivity index (χ4n) is 2.37. The lowest BCUT2D eigenvalue weighted by Crippen LogP contribution is -2.53. The second-order valence-corrected chi connectivity index (χ2v) is 6.16. The molecule has 6 N–H and O–H groups in total. The molecule has 0 saturated carbocycles. The van der Waals surface area contributed by atoms with Gasteiger partial charge in [0.25, 0.3) is 5.91 Å². The molecule has 3 unspecified atom stereocenters. The summed E-state index contributed by atoms with van der Waals surface area (Å²) in [5, 5.41) is 12.5. The van der Waals surface area contributed by atoms with Gasteiger partial charge in [-0.3, -0.25) is 9.59 Å². The van der Waals surface area contributed by atoms with Crippen LogP contribution in [0.25, 0.3) is 0 Å². The van der Waals surface area contributed by atoms with E-state index in [0.717, 1.165) is 18.4 Å². The fraction of sp³-hybridized carbons (Fsp3) is 0.625. The maximum Gasteiger partial charge on any atom is 0.251 e. The van der Waals surface area contributed by atoms with Crippen molar-refractivity contribution in [2.45, 2.75) is 57.7 Å². The minimum Gasteiger partial charge on any atom is -0.382 e. The van der Waals surface area contributed by atoms with Gasteiger partial charge in [0.05, 0.1) is 0 Å². The van der Waals surface area contributed by atoms with E-state index in [2.05, 4.69) is 11.4 Å². The molecule has 6 heteroatoms. The normalized spacial score (nSPS) is 18.5. The zero-order chi connectivity index (χ0) is 16.7. The van der Waals surface area contributed by atoms with Crippen LogP contribution in [0.5, 0.6) is 0 Å². The molecule has 0 saturated heterocycles. The van der Waals surface area contributed by atoms with Crippen LogP contribution in [0.4, 0.5) is 0 Å². The van der Waals surface area contributed by atoms with Gasteiger partial charge in [-0.15, -0.1) is 0 Å². The number of nitrogens with one attached hydrogen (secondary N) is 1. The Morgan fingerprint density at radius 1 is 1.36 bits per heavy atom. The first-order valence-corrected chi connectivity index (χ1v) is 7.70. The second-order valence-electron chi connectivity index (χ2n) is 6.16. The second kappa shape index (κ2) is 8.70. The number of hydrogen-bond donors (Lipinski definition) is 4. The Morgan fingerprint density at radius 2 is 2.05 bits per heavy atom. The number of hydrogen-bond acceptors (Lipinski definition) is 4. The van der Waals surface area contributed by atoms with E-state index in [1.54, 1.807) is 0 Å². The van der Waals surface area contributed by atoms with Crippen LogP contribution in [0.15, 0.2) is 23.8 Å². The molecular weight excluding hydrogens is 282 g/mol. The third-order valence-corrected chi connectivity index (χ3v) is 3.58. The van der Waals surface area contributed by atoms with Gasteiger partial charge in [0.1, 0.15) is 12.1 Å². The zero-order valence-corrected chi connectivity index (χ0v) is 13.3. The summed E-state index contributed by atoms with van der Waals surface area (Å²) in [6, 6.07) is -1.51. The largest absolute Gasteiger partial charge is 0.382 e. The summed E-state index contributed by atoms with van der Waals surface area (Å²) in [4.78, 5) is 23.4. The van der Waals surface area contributed by atoms with Crippen LogP contribution in [0, 0.1) is 5.92 Å². The molecule has 2 amide bonds. The molecule has 1 aliphatic carbocycles. The van der Waals surface area contributed by atoms with Gasteiger partial charge < -0.3 is 21.9 Å². The number of carbonyl (C=O) groups excluding carboxylic acids is 2. The lowest BCUT2D eigenvalue weighted by atomic mass is 9.97. The van der Waals surface area contributed by atoms with Crippen molar-refractivity contribution < 1.29 is 14.7 Å². The number of primary amides is 1. The van der Waals surface area contributed by atoms with Crippen LogP contribution < -0.4 is 16.8 Å². The van der Waals surface area contributed by atoms with Gasteiger partial charge >= 0.3 is 0 Å². The third-order valence-electron chi connectivity index (χ3n) is 3.58. The zero-order valence-electron chi connectivity index (χ0n) is 13.3. The van der Waals surface area contributed by atoms with E-state index in [1.165, 1.54) is 0 Å². The Labute approximate surface area is 131 Å². The van der Waals surface area contributed by atoms with E-state index < -0.39 is 30.0 Å². The van der Waals surface area contributed by atoms with Gasteiger partial charge in [0.15, 0.2) is 0 Å². The predicted octanol–water partition coefficient (Wildman–Crippen LogP) is 0.357. The summed E-state index contributed by atoms with van der Waals surface area (Å²) in [5.74, 6) is -1.07. The Morgan fingerprint density at radius 3 is 2.55 bits per heavy atom. The van der Waals surface area contributed by atoms with E-state index in [9.17, 15) is 14.7 Å². The monoisotopic (exact) mass is 309 g/mol. The van der Waals surface area contributed by atoms with Crippen molar-refractivity contribution in [3.8, 4) is 0 Å². The summed E-state index contributed by atoms with van der Waals surface area (Å²) in [5.41, 5.74) is 12.2. The number of rotatable bonds is 8. The average molecular weight is 309 g/mol. The maximum atomic E-state index is 12.0. The molecule has 0 aromatic heterocycles. The van der Waals surface area contributed by atoms with Crippen LogP contribution in [0.2, 0.25) is 0 Å². The minimum absolute atomic E-state index is 0.196. The molecule has 1 aliphatic rings. The molecule has 6 nitrogen and oxygen atoms in total. The van der Waals surface area contributed by atoms with Crippen molar-refractivity contribution in [2.24, 2.45) is 17.4 Å². The van der Waals surface area contributed by atoms with Crippen molar-refractivity contribution in [1.82, 2.24) is 5.32 Å². The number of carbonyl (C=O) groups is 2. The number of allylic oxidation sites excluding steroid dienone is 3. The maximum absolute atomic E-state index is 12.0. The van der Waals surface area contributed by atoms with E-state index >= 15 is 0 Å². The molecule has 3 atom stereocenters. The first-order chi connectivity index (χ1) is 10.3. The first kappa shape index (κ1) is 18.4. The van der Waals surface area contributed by atoms with Crippen molar-refractivity contribution in [2.75, 3.05) is 0 Å². The van der Waals surface area contributed by atoms with Gasteiger partial charge in [-0.2, -0.15) is 0 Å². The number of aliphatic hydroxyl groups is 1. The Balaban J connectivity index is 2.56. The van der Waals surface area contributed by atoms with Gasteiger partial charge in [-0.05, 0) is 31.6 Å². The van der Waals surface area contributed by atoms with Crippen molar-refractivity contribution in [3.63, 3.8) is 0 Å². The van der Waals surface area contributed by atoms with Gasteiger partial charge in [0, 0.05) is 6.04 Å². The molecule has 22 heavy (non-hydrogen) atoms. The lowest BCUT2D eigenvalue weighted by Gasteiger charge is -2.23. The van der Waals surface area contributed by atoms with Gasteiger partial charge in [0.2, 0.25) is 5.91 Å². The topological polar surface area (TPSA) is 118 Å². The first-order valence-electron chi connectivity index (χ1n) is 7.70. The van der Waals surface area contributed by atoms with Crippen molar-refractivity contribution >= 4 is 11.8 Å². The van der Waals surface area contributed by atoms with Crippen LogP contribution in [-0.4, -0.2) is 35.1 Å².